The van der Waals surface area contributed by atoms with Crippen LogP contribution in [0.2, 0.25) is 0 Å². The quantitative estimate of drug-likeness (QED) is 0.346. The predicted octanol–water partition coefficient (Wildman–Crippen LogP) is 5.49. The standard InChI is InChI=1S/C29H26N4/c1-22(2)29-30-32(27-17-13-25(14-18-27)23-9-5-3-6-10-23)21-33(31-29)28-19-15-26(16-20-28)24-11-7-4-8-12-24/h3-22H,1-2H3/q+2. The van der Waals surface area contributed by atoms with Crippen LogP contribution in [0.3, 0.4) is 0 Å². The van der Waals surface area contributed by atoms with Crippen LogP contribution < -0.4 is 9.36 Å². The maximum atomic E-state index is 4.78. The van der Waals surface area contributed by atoms with E-state index in [1.165, 1.54) is 22.3 Å². The van der Waals surface area contributed by atoms with E-state index in [0.717, 1.165) is 17.2 Å². The first-order valence-corrected chi connectivity index (χ1v) is 11.2. The van der Waals surface area contributed by atoms with Gasteiger partial charge in [-0.05, 0) is 46.5 Å². The lowest BCUT2D eigenvalue weighted by Crippen LogP contribution is -2.50. The molecule has 0 amide bonds. The van der Waals surface area contributed by atoms with Crippen molar-refractivity contribution in [3.8, 4) is 33.6 Å². The lowest BCUT2D eigenvalue weighted by Gasteiger charge is -2.03. The molecule has 0 bridgehead atoms. The number of hydrogen-bond donors (Lipinski definition) is 0. The minimum absolute atomic E-state index is 0.205. The Morgan fingerprint density at radius 1 is 0.485 bits per heavy atom. The maximum Gasteiger partial charge on any atom is 0.469 e. The van der Waals surface area contributed by atoms with Crippen LogP contribution in [0.4, 0.5) is 0 Å². The van der Waals surface area contributed by atoms with Crippen LogP contribution in [0, 0.1) is 0 Å². The Kier molecular flexibility index (Phi) is 5.73. The van der Waals surface area contributed by atoms with Gasteiger partial charge in [0.2, 0.25) is 11.4 Å². The van der Waals surface area contributed by atoms with Crippen LogP contribution in [-0.2, 0) is 0 Å². The molecule has 0 atom stereocenters. The Bertz CT molecular complexity index is 1240. The molecule has 0 radical (unpaired) electrons. The van der Waals surface area contributed by atoms with Gasteiger partial charge in [0, 0.05) is 49.7 Å². The summed E-state index contributed by atoms with van der Waals surface area (Å²) in [6.07, 6.45) is 1.93. The SMILES string of the molecule is CC(C)c1n[n+](-c2ccc(-c3ccccc3)cc2)c[n+](-c2ccc(-c3ccccc3)cc2)n1. The third kappa shape index (κ3) is 4.55. The molecule has 5 aromatic rings. The summed E-state index contributed by atoms with van der Waals surface area (Å²) < 4.78 is 3.81. The highest BCUT2D eigenvalue weighted by molar-refractivity contribution is 5.64. The Morgan fingerprint density at radius 3 is 1.21 bits per heavy atom. The van der Waals surface area contributed by atoms with Crippen LogP contribution in [0.1, 0.15) is 25.6 Å². The predicted molar refractivity (Wildman–Crippen MR) is 130 cm³/mol. The number of nitrogens with zero attached hydrogens (tertiary/aromatic N) is 4. The van der Waals surface area contributed by atoms with E-state index in [-0.39, 0.29) is 5.92 Å². The highest BCUT2D eigenvalue weighted by Gasteiger charge is 2.24. The summed E-state index contributed by atoms with van der Waals surface area (Å²) in [6.45, 7) is 4.22. The zero-order valence-electron chi connectivity index (χ0n) is 18.8. The van der Waals surface area contributed by atoms with Crippen LogP contribution in [-0.4, -0.2) is 10.2 Å². The largest absolute Gasteiger partial charge is 0.469 e. The summed E-state index contributed by atoms with van der Waals surface area (Å²) in [7, 11) is 0. The van der Waals surface area contributed by atoms with E-state index in [9.17, 15) is 0 Å². The summed E-state index contributed by atoms with van der Waals surface area (Å²) in [5, 5.41) is 9.56. The Morgan fingerprint density at radius 2 is 0.848 bits per heavy atom. The zero-order valence-corrected chi connectivity index (χ0v) is 18.8. The van der Waals surface area contributed by atoms with Crippen LogP contribution in [0.25, 0.3) is 33.6 Å². The Balaban J connectivity index is 1.50. The van der Waals surface area contributed by atoms with Gasteiger partial charge in [0.15, 0.2) is 0 Å². The van der Waals surface area contributed by atoms with Crippen molar-refractivity contribution in [3.63, 3.8) is 0 Å². The summed E-state index contributed by atoms with van der Waals surface area (Å²) >= 11 is 0. The van der Waals surface area contributed by atoms with Crippen molar-refractivity contribution < 1.29 is 9.36 Å². The number of rotatable bonds is 5. The molecule has 5 rings (SSSR count). The molecule has 0 aliphatic heterocycles. The van der Waals surface area contributed by atoms with Crippen molar-refractivity contribution in [1.82, 2.24) is 10.2 Å². The fourth-order valence-corrected chi connectivity index (χ4v) is 3.75. The Labute approximate surface area is 194 Å². The van der Waals surface area contributed by atoms with Gasteiger partial charge in [-0.1, -0.05) is 74.5 Å². The molecule has 4 heteroatoms. The summed E-state index contributed by atoms with van der Waals surface area (Å²) in [5.41, 5.74) is 6.76. The van der Waals surface area contributed by atoms with E-state index in [1.807, 2.05) is 27.8 Å². The summed E-state index contributed by atoms with van der Waals surface area (Å²) in [5.74, 6) is 0.993. The second kappa shape index (κ2) is 9.13. The fraction of sp³-hybridized carbons (Fsp3) is 0.103. The zero-order chi connectivity index (χ0) is 22.6. The number of aromatic nitrogens is 4. The van der Waals surface area contributed by atoms with Gasteiger partial charge in [0.1, 0.15) is 0 Å². The highest BCUT2D eigenvalue weighted by atomic mass is 15.4. The number of benzene rings is 4. The molecule has 4 aromatic carbocycles. The molecule has 0 N–H and O–H groups in total. The molecule has 0 aliphatic carbocycles. The van der Waals surface area contributed by atoms with Gasteiger partial charge < -0.3 is 0 Å². The van der Waals surface area contributed by atoms with E-state index in [2.05, 4.69) is 111 Å². The van der Waals surface area contributed by atoms with Crippen molar-refractivity contribution in [2.75, 3.05) is 0 Å². The molecule has 0 fully saturated rings. The molecule has 0 saturated heterocycles. The van der Waals surface area contributed by atoms with Gasteiger partial charge in [-0.2, -0.15) is 0 Å². The van der Waals surface area contributed by atoms with Gasteiger partial charge in [0.25, 0.3) is 5.82 Å². The van der Waals surface area contributed by atoms with Crippen molar-refractivity contribution in [2.24, 2.45) is 0 Å². The van der Waals surface area contributed by atoms with E-state index < -0.39 is 0 Å². The van der Waals surface area contributed by atoms with Gasteiger partial charge in [-0.15, -0.1) is 0 Å². The van der Waals surface area contributed by atoms with Crippen molar-refractivity contribution in [1.29, 1.82) is 0 Å². The topological polar surface area (TPSA) is 33.5 Å². The second-order valence-corrected chi connectivity index (χ2v) is 8.34. The van der Waals surface area contributed by atoms with Crippen molar-refractivity contribution in [3.05, 3.63) is 121 Å². The van der Waals surface area contributed by atoms with E-state index in [1.54, 1.807) is 0 Å². The van der Waals surface area contributed by atoms with Crippen molar-refractivity contribution in [2.45, 2.75) is 19.8 Å². The minimum atomic E-state index is 0.205. The lowest BCUT2D eigenvalue weighted by molar-refractivity contribution is -0.799. The smallest absolute Gasteiger partial charge is 0.0622 e. The molecule has 1 heterocycles. The molecule has 0 unspecified atom stereocenters. The first kappa shape index (κ1) is 20.7. The van der Waals surface area contributed by atoms with Gasteiger partial charge in [-0.25, -0.2) is 0 Å². The first-order valence-electron chi connectivity index (χ1n) is 11.2. The monoisotopic (exact) mass is 430 g/mol. The molecular formula is C29H26N4+2. The second-order valence-electron chi connectivity index (χ2n) is 8.34. The molecule has 4 nitrogen and oxygen atoms in total. The fourth-order valence-electron chi connectivity index (χ4n) is 3.75. The summed E-state index contributed by atoms with van der Waals surface area (Å²) in [4.78, 5) is 0. The number of hydrogen-bond acceptors (Lipinski definition) is 2. The maximum absolute atomic E-state index is 4.78. The van der Waals surface area contributed by atoms with Gasteiger partial charge >= 0.3 is 6.33 Å². The normalized spacial score (nSPS) is 11.0. The third-order valence-electron chi connectivity index (χ3n) is 5.63. The minimum Gasteiger partial charge on any atom is -0.0622 e. The molecule has 0 saturated carbocycles. The van der Waals surface area contributed by atoms with Crippen LogP contribution >= 0.6 is 0 Å². The first-order chi connectivity index (χ1) is 16.2. The van der Waals surface area contributed by atoms with E-state index >= 15 is 0 Å². The molecule has 33 heavy (non-hydrogen) atoms. The third-order valence-corrected chi connectivity index (χ3v) is 5.63. The average molecular weight is 431 g/mol. The van der Waals surface area contributed by atoms with E-state index in [0.29, 0.717) is 0 Å². The van der Waals surface area contributed by atoms with E-state index in [4.69, 9.17) is 10.2 Å². The average Bonchev–Trinajstić information content (AvgIpc) is 2.89. The highest BCUT2D eigenvalue weighted by Crippen LogP contribution is 2.20. The molecular weight excluding hydrogens is 404 g/mol. The van der Waals surface area contributed by atoms with Gasteiger partial charge in [-0.3, -0.25) is 0 Å². The van der Waals surface area contributed by atoms with Crippen LogP contribution in [0.15, 0.2) is 116 Å². The molecule has 0 spiro atoms. The molecule has 1 aromatic heterocycles. The molecule has 160 valence electrons. The summed E-state index contributed by atoms with van der Waals surface area (Å²) in [6, 6.07) is 37.7. The van der Waals surface area contributed by atoms with Crippen LogP contribution in [0.5, 0.6) is 0 Å². The lowest BCUT2D eigenvalue weighted by atomic mass is 10.1. The van der Waals surface area contributed by atoms with Crippen molar-refractivity contribution >= 4 is 0 Å². The molecule has 0 aliphatic rings. The van der Waals surface area contributed by atoms with Gasteiger partial charge in [0.05, 0.1) is 0 Å². The Hall–Kier alpha value is -4.18.